The van der Waals surface area contributed by atoms with Crippen molar-refractivity contribution >= 4 is 22.4 Å². The smallest absolute Gasteiger partial charge is 0.153 e. The molecular formula is C25H27N5. The van der Waals surface area contributed by atoms with E-state index in [1.165, 1.54) is 11.3 Å². The second-order valence-electron chi connectivity index (χ2n) is 7.83. The Labute approximate surface area is 177 Å². The normalized spacial score (nSPS) is 15.0. The summed E-state index contributed by atoms with van der Waals surface area (Å²) in [6, 6.07) is 25.4. The molecule has 1 aromatic heterocycles. The SMILES string of the molecule is CCN1CCN(c2ccc(-n3nc(N)c4ccc(-c5ccccc5)cc43)cc2)CC1. The van der Waals surface area contributed by atoms with Crippen LogP contribution in [-0.2, 0) is 0 Å². The van der Waals surface area contributed by atoms with Gasteiger partial charge in [-0.15, -0.1) is 5.10 Å². The summed E-state index contributed by atoms with van der Waals surface area (Å²) in [5.74, 6) is 0.560. The van der Waals surface area contributed by atoms with Gasteiger partial charge in [-0.05, 0) is 54.1 Å². The number of fused-ring (bicyclic) bond motifs is 1. The lowest BCUT2D eigenvalue weighted by Gasteiger charge is -2.35. The van der Waals surface area contributed by atoms with E-state index in [0.717, 1.165) is 54.9 Å². The third-order valence-corrected chi connectivity index (χ3v) is 6.10. The minimum Gasteiger partial charge on any atom is -0.382 e. The van der Waals surface area contributed by atoms with Crippen molar-refractivity contribution in [3.63, 3.8) is 0 Å². The zero-order valence-corrected chi connectivity index (χ0v) is 17.3. The van der Waals surface area contributed by atoms with Crippen LogP contribution in [-0.4, -0.2) is 47.4 Å². The van der Waals surface area contributed by atoms with E-state index >= 15 is 0 Å². The van der Waals surface area contributed by atoms with Crippen LogP contribution in [0.4, 0.5) is 11.5 Å². The van der Waals surface area contributed by atoms with Gasteiger partial charge in [0.25, 0.3) is 0 Å². The molecule has 1 fully saturated rings. The number of nitrogens with zero attached hydrogens (tertiary/aromatic N) is 4. The molecule has 0 atom stereocenters. The Hall–Kier alpha value is -3.31. The van der Waals surface area contributed by atoms with E-state index in [9.17, 15) is 0 Å². The highest BCUT2D eigenvalue weighted by atomic mass is 15.3. The molecule has 152 valence electrons. The monoisotopic (exact) mass is 397 g/mol. The van der Waals surface area contributed by atoms with E-state index in [4.69, 9.17) is 5.73 Å². The van der Waals surface area contributed by atoms with Crippen LogP contribution in [0.25, 0.3) is 27.7 Å². The molecule has 2 N–H and O–H groups in total. The van der Waals surface area contributed by atoms with Crippen LogP contribution < -0.4 is 10.6 Å². The topological polar surface area (TPSA) is 50.3 Å². The van der Waals surface area contributed by atoms with Crippen LogP contribution in [0.15, 0.2) is 72.8 Å². The molecule has 5 rings (SSSR count). The van der Waals surface area contributed by atoms with Crippen LogP contribution in [0.2, 0.25) is 0 Å². The highest BCUT2D eigenvalue weighted by Crippen LogP contribution is 2.30. The number of aromatic nitrogens is 2. The standard InChI is InChI=1S/C25H27N5/c1-2-28-14-16-29(17-15-28)21-9-11-22(12-10-21)30-24-18-20(19-6-4-3-5-7-19)8-13-23(24)25(26)27-30/h3-13,18H,2,14-17H2,1H3,(H2,26,27). The van der Waals surface area contributed by atoms with Gasteiger partial charge in [0.1, 0.15) is 0 Å². The maximum Gasteiger partial charge on any atom is 0.153 e. The van der Waals surface area contributed by atoms with Crippen molar-refractivity contribution in [2.75, 3.05) is 43.4 Å². The van der Waals surface area contributed by atoms with Gasteiger partial charge in [0.05, 0.1) is 11.2 Å². The first kappa shape index (κ1) is 18.7. The Morgan fingerprint density at radius 2 is 1.50 bits per heavy atom. The summed E-state index contributed by atoms with van der Waals surface area (Å²) < 4.78 is 1.95. The lowest BCUT2D eigenvalue weighted by molar-refractivity contribution is 0.271. The quantitative estimate of drug-likeness (QED) is 0.554. The van der Waals surface area contributed by atoms with Gasteiger partial charge in [0.2, 0.25) is 0 Å². The van der Waals surface area contributed by atoms with Crippen molar-refractivity contribution in [2.24, 2.45) is 0 Å². The number of hydrogen-bond acceptors (Lipinski definition) is 4. The number of benzene rings is 3. The van der Waals surface area contributed by atoms with E-state index in [1.54, 1.807) is 0 Å². The third-order valence-electron chi connectivity index (χ3n) is 6.10. The summed E-state index contributed by atoms with van der Waals surface area (Å²) in [6.07, 6.45) is 0. The first-order valence-corrected chi connectivity index (χ1v) is 10.6. The van der Waals surface area contributed by atoms with Crippen LogP contribution >= 0.6 is 0 Å². The van der Waals surface area contributed by atoms with Crippen molar-refractivity contribution in [3.05, 3.63) is 72.8 Å². The predicted molar refractivity (Wildman–Crippen MR) is 125 cm³/mol. The highest BCUT2D eigenvalue weighted by molar-refractivity contribution is 5.93. The summed E-state index contributed by atoms with van der Waals surface area (Å²) in [4.78, 5) is 4.95. The molecule has 1 saturated heterocycles. The molecule has 0 bridgehead atoms. The number of nitrogen functional groups attached to an aromatic ring is 1. The van der Waals surface area contributed by atoms with E-state index in [0.29, 0.717) is 5.82 Å². The molecule has 5 heteroatoms. The van der Waals surface area contributed by atoms with E-state index in [-0.39, 0.29) is 0 Å². The molecule has 0 amide bonds. The van der Waals surface area contributed by atoms with Crippen molar-refractivity contribution in [2.45, 2.75) is 6.92 Å². The summed E-state index contributed by atoms with van der Waals surface area (Å²) in [7, 11) is 0. The molecule has 3 aromatic carbocycles. The van der Waals surface area contributed by atoms with Gasteiger partial charge in [0.15, 0.2) is 5.82 Å². The molecular weight excluding hydrogens is 370 g/mol. The molecule has 1 aliphatic heterocycles. The van der Waals surface area contributed by atoms with E-state index in [1.807, 2.05) is 10.7 Å². The van der Waals surface area contributed by atoms with Gasteiger partial charge >= 0.3 is 0 Å². The fourth-order valence-corrected chi connectivity index (χ4v) is 4.27. The Bertz CT molecular complexity index is 1140. The van der Waals surface area contributed by atoms with Crippen LogP contribution in [0, 0.1) is 0 Å². The van der Waals surface area contributed by atoms with Gasteiger partial charge in [0, 0.05) is 37.3 Å². The molecule has 4 aromatic rings. The summed E-state index contributed by atoms with van der Waals surface area (Å²) >= 11 is 0. The average molecular weight is 398 g/mol. The lowest BCUT2D eigenvalue weighted by atomic mass is 10.0. The van der Waals surface area contributed by atoms with Crippen molar-refractivity contribution < 1.29 is 0 Å². The number of piperazine rings is 1. The van der Waals surface area contributed by atoms with Crippen molar-refractivity contribution in [1.29, 1.82) is 0 Å². The second kappa shape index (κ2) is 7.84. The van der Waals surface area contributed by atoms with Gasteiger partial charge in [-0.25, -0.2) is 4.68 Å². The molecule has 0 spiro atoms. The molecule has 0 aliphatic carbocycles. The average Bonchev–Trinajstić information content (AvgIpc) is 3.15. The predicted octanol–water partition coefficient (Wildman–Crippen LogP) is 4.42. The zero-order chi connectivity index (χ0) is 20.5. The summed E-state index contributed by atoms with van der Waals surface area (Å²) in [5, 5.41) is 5.61. The zero-order valence-electron chi connectivity index (χ0n) is 17.3. The van der Waals surface area contributed by atoms with Gasteiger partial charge < -0.3 is 15.5 Å². The molecule has 1 aliphatic rings. The Morgan fingerprint density at radius 1 is 0.800 bits per heavy atom. The number of likely N-dealkylation sites (N-methyl/N-ethyl adjacent to an activating group) is 1. The number of hydrogen-bond donors (Lipinski definition) is 1. The van der Waals surface area contributed by atoms with Gasteiger partial charge in [-0.1, -0.05) is 43.3 Å². The Balaban J connectivity index is 1.47. The van der Waals surface area contributed by atoms with Gasteiger partial charge in [-0.3, -0.25) is 0 Å². The number of rotatable bonds is 4. The molecule has 0 radical (unpaired) electrons. The fourth-order valence-electron chi connectivity index (χ4n) is 4.27. The van der Waals surface area contributed by atoms with Crippen LogP contribution in [0.1, 0.15) is 6.92 Å². The minimum atomic E-state index is 0.560. The molecule has 0 saturated carbocycles. The van der Waals surface area contributed by atoms with Gasteiger partial charge in [-0.2, -0.15) is 0 Å². The Morgan fingerprint density at radius 3 is 2.20 bits per heavy atom. The number of nitrogens with two attached hydrogens (primary N) is 1. The first-order chi connectivity index (χ1) is 14.7. The number of anilines is 2. The maximum atomic E-state index is 6.23. The molecule has 5 nitrogen and oxygen atoms in total. The van der Waals surface area contributed by atoms with E-state index in [2.05, 4.69) is 88.6 Å². The third kappa shape index (κ3) is 3.42. The van der Waals surface area contributed by atoms with Crippen LogP contribution in [0.5, 0.6) is 0 Å². The van der Waals surface area contributed by atoms with E-state index < -0.39 is 0 Å². The molecule has 0 unspecified atom stereocenters. The molecule has 2 heterocycles. The molecule has 30 heavy (non-hydrogen) atoms. The minimum absolute atomic E-state index is 0.560. The van der Waals surface area contributed by atoms with Crippen molar-refractivity contribution in [1.82, 2.24) is 14.7 Å². The Kier molecular flexibility index (Phi) is 4.89. The summed E-state index contributed by atoms with van der Waals surface area (Å²) in [5.41, 5.74) is 11.9. The lowest BCUT2D eigenvalue weighted by Crippen LogP contribution is -2.46. The fraction of sp³-hybridized carbons (Fsp3) is 0.240. The highest BCUT2D eigenvalue weighted by Gasteiger charge is 2.16. The first-order valence-electron chi connectivity index (χ1n) is 10.6. The second-order valence-corrected chi connectivity index (χ2v) is 7.83. The maximum absolute atomic E-state index is 6.23. The largest absolute Gasteiger partial charge is 0.382 e. The summed E-state index contributed by atoms with van der Waals surface area (Å²) in [6.45, 7) is 7.76. The van der Waals surface area contributed by atoms with Crippen LogP contribution in [0.3, 0.4) is 0 Å². The van der Waals surface area contributed by atoms with Crippen molar-refractivity contribution in [3.8, 4) is 16.8 Å².